The Morgan fingerprint density at radius 1 is 1.17 bits per heavy atom. The average molecular weight is 416 g/mol. The molecule has 0 saturated carbocycles. The van der Waals surface area contributed by atoms with Crippen LogP contribution in [0.4, 0.5) is 5.69 Å². The highest BCUT2D eigenvalue weighted by Gasteiger charge is 2.15. The molecule has 0 fully saturated rings. The molecule has 1 heterocycles. The Morgan fingerprint density at radius 3 is 2.69 bits per heavy atom. The average Bonchev–Trinajstić information content (AvgIpc) is 3.10. The molecule has 0 spiro atoms. The molecule has 0 unspecified atom stereocenters. The zero-order valence-electron chi connectivity index (χ0n) is 16.2. The summed E-state index contributed by atoms with van der Waals surface area (Å²) in [4.78, 5) is 33.6. The Kier molecular flexibility index (Phi) is 6.69. The van der Waals surface area contributed by atoms with E-state index in [2.05, 4.69) is 20.6 Å². The number of H-pyrrole nitrogens is 1. The lowest BCUT2D eigenvalue weighted by Crippen LogP contribution is -2.35. The van der Waals surface area contributed by atoms with E-state index in [0.29, 0.717) is 28.9 Å². The fourth-order valence-corrected chi connectivity index (χ4v) is 2.79. The van der Waals surface area contributed by atoms with Crippen LogP contribution >= 0.6 is 11.6 Å². The summed E-state index contributed by atoms with van der Waals surface area (Å²) in [6.07, 6.45) is 0. The number of halogens is 1. The van der Waals surface area contributed by atoms with E-state index in [9.17, 15) is 9.59 Å². The molecule has 0 radical (unpaired) electrons. The normalized spacial score (nSPS) is 10.9. The summed E-state index contributed by atoms with van der Waals surface area (Å²) >= 11 is 6.18. The Bertz CT molecular complexity index is 985. The van der Waals surface area contributed by atoms with Gasteiger partial charge in [0.15, 0.2) is 0 Å². The van der Waals surface area contributed by atoms with Crippen LogP contribution in [-0.4, -0.2) is 53.9 Å². The number of carbonyl (C=O) groups excluding carboxylic acids is 2. The smallest absolute Gasteiger partial charge is 0.313 e. The number of imidazole rings is 1. The van der Waals surface area contributed by atoms with Crippen LogP contribution in [0.15, 0.2) is 42.5 Å². The van der Waals surface area contributed by atoms with E-state index in [-0.39, 0.29) is 6.54 Å². The topological polar surface area (TPSA) is 99.3 Å². The van der Waals surface area contributed by atoms with Gasteiger partial charge in [-0.2, -0.15) is 0 Å². The summed E-state index contributed by atoms with van der Waals surface area (Å²) in [6.45, 7) is 1.35. The molecule has 3 aromatic rings. The fraction of sp³-hybridized carbons (Fsp3) is 0.250. The molecular weight excluding hydrogens is 394 g/mol. The van der Waals surface area contributed by atoms with E-state index in [4.69, 9.17) is 16.3 Å². The number of ether oxygens (including phenoxy) is 1. The number of para-hydroxylation sites is 2. The van der Waals surface area contributed by atoms with E-state index in [1.54, 1.807) is 12.1 Å². The maximum Gasteiger partial charge on any atom is 0.313 e. The SMILES string of the molecule is CN(C)CCOc1ccc(NC(=O)C(=O)NCc2nc3ccccc3[nH]2)cc1Cl. The second-order valence-electron chi connectivity index (χ2n) is 6.63. The highest BCUT2D eigenvalue weighted by molar-refractivity contribution is 6.39. The molecule has 1 aromatic heterocycles. The number of aromatic amines is 1. The van der Waals surface area contributed by atoms with Gasteiger partial charge >= 0.3 is 11.8 Å². The second-order valence-corrected chi connectivity index (χ2v) is 7.04. The number of benzene rings is 2. The van der Waals surface area contributed by atoms with Crippen LogP contribution < -0.4 is 15.4 Å². The zero-order chi connectivity index (χ0) is 20.8. The minimum atomic E-state index is -0.793. The third-order valence-electron chi connectivity index (χ3n) is 4.05. The summed E-state index contributed by atoms with van der Waals surface area (Å²) in [7, 11) is 3.89. The first-order valence-electron chi connectivity index (χ1n) is 9.02. The van der Waals surface area contributed by atoms with Crippen LogP contribution in [-0.2, 0) is 16.1 Å². The summed E-state index contributed by atoms with van der Waals surface area (Å²) < 4.78 is 5.59. The third-order valence-corrected chi connectivity index (χ3v) is 4.34. The molecule has 9 heteroatoms. The number of hydrogen-bond donors (Lipinski definition) is 3. The van der Waals surface area contributed by atoms with Gasteiger partial charge in [0.1, 0.15) is 18.2 Å². The summed E-state index contributed by atoms with van der Waals surface area (Å²) in [5.41, 5.74) is 2.06. The number of hydrogen-bond acceptors (Lipinski definition) is 5. The van der Waals surface area contributed by atoms with Gasteiger partial charge in [0, 0.05) is 12.2 Å². The maximum absolute atomic E-state index is 12.1. The molecule has 3 rings (SSSR count). The van der Waals surface area contributed by atoms with Crippen molar-refractivity contribution in [2.24, 2.45) is 0 Å². The van der Waals surface area contributed by atoms with Gasteiger partial charge in [-0.25, -0.2) is 4.98 Å². The van der Waals surface area contributed by atoms with Gasteiger partial charge in [-0.15, -0.1) is 0 Å². The molecule has 0 aliphatic heterocycles. The van der Waals surface area contributed by atoms with E-state index in [1.807, 2.05) is 43.3 Å². The monoisotopic (exact) mass is 415 g/mol. The lowest BCUT2D eigenvalue weighted by atomic mass is 10.3. The molecule has 2 amide bonds. The van der Waals surface area contributed by atoms with Crippen LogP contribution in [0, 0.1) is 0 Å². The fourth-order valence-electron chi connectivity index (χ4n) is 2.56. The molecular formula is C20H22ClN5O3. The van der Waals surface area contributed by atoms with E-state index in [0.717, 1.165) is 17.6 Å². The van der Waals surface area contributed by atoms with Gasteiger partial charge in [0.05, 0.1) is 22.6 Å². The van der Waals surface area contributed by atoms with Crippen LogP contribution in [0.5, 0.6) is 5.75 Å². The molecule has 8 nitrogen and oxygen atoms in total. The minimum absolute atomic E-state index is 0.111. The minimum Gasteiger partial charge on any atom is -0.491 e. The largest absolute Gasteiger partial charge is 0.491 e. The lowest BCUT2D eigenvalue weighted by molar-refractivity contribution is -0.136. The van der Waals surface area contributed by atoms with Crippen molar-refractivity contribution in [1.29, 1.82) is 0 Å². The number of nitrogens with one attached hydrogen (secondary N) is 3. The van der Waals surface area contributed by atoms with Gasteiger partial charge in [-0.05, 0) is 44.4 Å². The van der Waals surface area contributed by atoms with E-state index < -0.39 is 11.8 Å². The maximum atomic E-state index is 12.1. The van der Waals surface area contributed by atoms with Crippen LogP contribution in [0.3, 0.4) is 0 Å². The Labute approximate surface area is 173 Å². The van der Waals surface area contributed by atoms with Crippen molar-refractivity contribution in [3.63, 3.8) is 0 Å². The van der Waals surface area contributed by atoms with Crippen LogP contribution in [0.25, 0.3) is 11.0 Å². The van der Waals surface area contributed by atoms with Crippen molar-refractivity contribution in [2.75, 3.05) is 32.6 Å². The summed E-state index contributed by atoms with van der Waals surface area (Å²) in [5.74, 6) is -0.484. The van der Waals surface area contributed by atoms with Gasteiger partial charge in [0.2, 0.25) is 0 Å². The molecule has 0 aliphatic rings. The third kappa shape index (κ3) is 5.69. The number of likely N-dealkylation sites (N-methyl/N-ethyl adjacent to an activating group) is 1. The molecule has 152 valence electrons. The number of amides is 2. The van der Waals surface area contributed by atoms with Crippen molar-refractivity contribution in [3.05, 3.63) is 53.3 Å². The Morgan fingerprint density at radius 2 is 1.97 bits per heavy atom. The Balaban J connectivity index is 1.52. The van der Waals surface area contributed by atoms with Crippen LogP contribution in [0.1, 0.15) is 5.82 Å². The number of carbonyl (C=O) groups is 2. The standard InChI is InChI=1S/C20H22ClN5O3/c1-26(2)9-10-29-17-8-7-13(11-14(17)21)23-20(28)19(27)22-12-18-24-15-5-3-4-6-16(15)25-18/h3-8,11H,9-10,12H2,1-2H3,(H,22,27)(H,23,28)(H,24,25). The first-order chi connectivity index (χ1) is 13.9. The number of aromatic nitrogens is 2. The molecule has 0 atom stereocenters. The number of anilines is 1. The number of rotatable bonds is 7. The van der Waals surface area contributed by atoms with Gasteiger partial charge in [0.25, 0.3) is 0 Å². The predicted molar refractivity (Wildman–Crippen MR) is 112 cm³/mol. The second kappa shape index (κ2) is 9.40. The van der Waals surface area contributed by atoms with Gasteiger partial charge in [-0.3, -0.25) is 9.59 Å². The first kappa shape index (κ1) is 20.6. The Hall–Kier alpha value is -3.10. The highest BCUT2D eigenvalue weighted by atomic mass is 35.5. The van der Waals surface area contributed by atoms with Crippen LogP contribution in [0.2, 0.25) is 5.02 Å². The first-order valence-corrected chi connectivity index (χ1v) is 9.40. The van der Waals surface area contributed by atoms with Gasteiger partial charge < -0.3 is 25.3 Å². The molecule has 0 aliphatic carbocycles. The highest BCUT2D eigenvalue weighted by Crippen LogP contribution is 2.27. The van der Waals surface area contributed by atoms with E-state index >= 15 is 0 Å². The van der Waals surface area contributed by atoms with Crippen molar-refractivity contribution in [1.82, 2.24) is 20.2 Å². The summed E-state index contributed by atoms with van der Waals surface area (Å²) in [6, 6.07) is 12.3. The van der Waals surface area contributed by atoms with Crippen molar-refractivity contribution >= 4 is 40.1 Å². The lowest BCUT2D eigenvalue weighted by Gasteiger charge is -2.13. The number of fused-ring (bicyclic) bond motifs is 1. The molecule has 0 bridgehead atoms. The number of nitrogens with zero attached hydrogens (tertiary/aromatic N) is 2. The van der Waals surface area contributed by atoms with E-state index in [1.165, 1.54) is 6.07 Å². The molecule has 0 saturated heterocycles. The molecule has 3 N–H and O–H groups in total. The molecule has 29 heavy (non-hydrogen) atoms. The summed E-state index contributed by atoms with van der Waals surface area (Å²) in [5, 5.41) is 5.41. The van der Waals surface area contributed by atoms with Crippen molar-refractivity contribution in [3.8, 4) is 5.75 Å². The van der Waals surface area contributed by atoms with Gasteiger partial charge in [-0.1, -0.05) is 23.7 Å². The molecule has 2 aromatic carbocycles. The van der Waals surface area contributed by atoms with Crippen molar-refractivity contribution < 1.29 is 14.3 Å². The quantitative estimate of drug-likeness (QED) is 0.514. The van der Waals surface area contributed by atoms with Crippen molar-refractivity contribution in [2.45, 2.75) is 6.54 Å². The zero-order valence-corrected chi connectivity index (χ0v) is 16.9. The predicted octanol–water partition coefficient (Wildman–Crippen LogP) is 2.41.